The molecule has 2 heterocycles. The van der Waals surface area contributed by atoms with Gasteiger partial charge in [-0.1, -0.05) is 0 Å². The van der Waals surface area contributed by atoms with Crippen molar-refractivity contribution in [2.45, 2.75) is 0 Å². The molecule has 0 unspecified atom stereocenters. The molecule has 0 radical (unpaired) electrons. The molecule has 0 aliphatic carbocycles. The molecule has 2 aromatic rings. The van der Waals surface area contributed by atoms with Crippen LogP contribution in [0.4, 0.5) is 11.6 Å². The summed E-state index contributed by atoms with van der Waals surface area (Å²) in [4.78, 5) is 8.24. The lowest BCUT2D eigenvalue weighted by Crippen LogP contribution is -2.23. The molecular weight excluding hydrogens is 258 g/mol. The molecule has 0 amide bonds. The van der Waals surface area contributed by atoms with Crippen molar-refractivity contribution in [3.63, 3.8) is 0 Å². The number of imidazole rings is 1. The molecule has 98 valence electrons. The first-order chi connectivity index (χ1) is 8.49. The van der Waals surface area contributed by atoms with Crippen LogP contribution in [0.2, 0.25) is 0 Å². The molecule has 0 aromatic carbocycles. The van der Waals surface area contributed by atoms with Gasteiger partial charge < -0.3 is 15.1 Å². The van der Waals surface area contributed by atoms with E-state index in [4.69, 9.17) is 11.0 Å². The average molecular weight is 271 g/mol. The van der Waals surface area contributed by atoms with Gasteiger partial charge in [-0.05, 0) is 0 Å². The van der Waals surface area contributed by atoms with Gasteiger partial charge in [-0.15, -0.1) is 0 Å². The first kappa shape index (κ1) is 12.5. The highest BCUT2D eigenvalue weighted by atomic mass is 32.2. The number of sulfonamides is 1. The summed E-state index contributed by atoms with van der Waals surface area (Å²) < 4.78 is 23.4. The molecule has 0 saturated carbocycles. The molecule has 2 rings (SSSR count). The third kappa shape index (κ3) is 2.85. The van der Waals surface area contributed by atoms with Gasteiger partial charge in [0.2, 0.25) is 10.0 Å². The number of rotatable bonds is 5. The molecule has 9 nitrogen and oxygen atoms in total. The molecule has 10 heteroatoms. The van der Waals surface area contributed by atoms with E-state index in [9.17, 15) is 8.42 Å². The van der Waals surface area contributed by atoms with Gasteiger partial charge >= 0.3 is 0 Å². The van der Waals surface area contributed by atoms with Crippen LogP contribution in [0.3, 0.4) is 0 Å². The Morgan fingerprint density at radius 3 is 2.89 bits per heavy atom. The number of primary sulfonamides is 1. The van der Waals surface area contributed by atoms with E-state index in [1.807, 2.05) is 0 Å². The molecule has 18 heavy (non-hydrogen) atoms. The summed E-state index contributed by atoms with van der Waals surface area (Å²) in [5, 5.41) is 7.76. The zero-order chi connectivity index (χ0) is 13.2. The van der Waals surface area contributed by atoms with Crippen molar-refractivity contribution in [1.82, 2.24) is 14.4 Å². The Balaban J connectivity index is 2.23. The Labute approximate surface area is 103 Å². The predicted octanol–water partition coefficient (Wildman–Crippen LogP) is -1.28. The lowest BCUT2D eigenvalue weighted by atomic mass is 10.5. The highest BCUT2D eigenvalue weighted by Gasteiger charge is 2.08. The van der Waals surface area contributed by atoms with Gasteiger partial charge in [-0.3, -0.25) is 0 Å². The van der Waals surface area contributed by atoms with Crippen LogP contribution in [-0.4, -0.2) is 35.1 Å². The number of fused-ring (bicyclic) bond motifs is 1. The van der Waals surface area contributed by atoms with Gasteiger partial charge in [0.1, 0.15) is 0 Å². The van der Waals surface area contributed by atoms with Gasteiger partial charge in [0.05, 0.1) is 11.9 Å². The van der Waals surface area contributed by atoms with E-state index in [-0.39, 0.29) is 12.3 Å². The lowest BCUT2D eigenvalue weighted by Gasteiger charge is -2.08. The summed E-state index contributed by atoms with van der Waals surface area (Å²) in [6, 6.07) is 0. The SMILES string of the molecule is NNc1cn2ccnc2c(NCCS(N)(=O)=O)n1. The maximum Gasteiger partial charge on any atom is 0.210 e. The summed E-state index contributed by atoms with van der Waals surface area (Å²) in [6.07, 6.45) is 4.98. The topological polar surface area (TPSA) is 140 Å². The zero-order valence-electron chi connectivity index (χ0n) is 9.37. The molecule has 2 aromatic heterocycles. The van der Waals surface area contributed by atoms with Crippen molar-refractivity contribution >= 4 is 27.3 Å². The first-order valence-corrected chi connectivity index (χ1v) is 6.76. The van der Waals surface area contributed by atoms with Crippen LogP contribution >= 0.6 is 0 Å². The Morgan fingerprint density at radius 2 is 2.22 bits per heavy atom. The second-order valence-electron chi connectivity index (χ2n) is 3.57. The van der Waals surface area contributed by atoms with Gasteiger partial charge in [0.15, 0.2) is 17.3 Å². The molecule has 0 aliphatic rings. The minimum Gasteiger partial charge on any atom is -0.366 e. The van der Waals surface area contributed by atoms with E-state index in [1.165, 1.54) is 0 Å². The van der Waals surface area contributed by atoms with Crippen LogP contribution < -0.4 is 21.7 Å². The van der Waals surface area contributed by atoms with Crippen molar-refractivity contribution in [3.8, 4) is 0 Å². The van der Waals surface area contributed by atoms with Crippen molar-refractivity contribution in [1.29, 1.82) is 0 Å². The monoisotopic (exact) mass is 271 g/mol. The number of hydrogen-bond acceptors (Lipinski definition) is 7. The maximum absolute atomic E-state index is 10.8. The Kier molecular flexibility index (Phi) is 3.32. The highest BCUT2D eigenvalue weighted by Crippen LogP contribution is 2.15. The average Bonchev–Trinajstić information content (AvgIpc) is 2.75. The fourth-order valence-electron chi connectivity index (χ4n) is 1.43. The summed E-state index contributed by atoms with van der Waals surface area (Å²) in [5.41, 5.74) is 2.99. The quantitative estimate of drug-likeness (QED) is 0.392. The standard InChI is InChI=1S/C8H13N7O2S/c9-14-6-5-15-3-1-12-8(15)7(13-6)11-2-4-18(10,16)17/h1,3,5,14H,2,4,9H2,(H,11,13)(H2,10,16,17). The van der Waals surface area contributed by atoms with Crippen molar-refractivity contribution in [2.75, 3.05) is 23.0 Å². The fourth-order valence-corrected chi connectivity index (χ4v) is 1.82. The number of nitrogens with two attached hydrogens (primary N) is 2. The molecule has 0 atom stereocenters. The van der Waals surface area contributed by atoms with E-state index in [0.29, 0.717) is 17.3 Å². The lowest BCUT2D eigenvalue weighted by molar-refractivity contribution is 0.598. The van der Waals surface area contributed by atoms with Crippen molar-refractivity contribution in [3.05, 3.63) is 18.6 Å². The summed E-state index contributed by atoms with van der Waals surface area (Å²) in [7, 11) is -3.51. The number of aromatic nitrogens is 3. The smallest absolute Gasteiger partial charge is 0.210 e. The number of hydrazine groups is 1. The molecule has 0 fully saturated rings. The number of nitrogens with zero attached hydrogens (tertiary/aromatic N) is 3. The van der Waals surface area contributed by atoms with Gasteiger partial charge in [0, 0.05) is 18.9 Å². The highest BCUT2D eigenvalue weighted by molar-refractivity contribution is 7.89. The van der Waals surface area contributed by atoms with Crippen molar-refractivity contribution in [2.24, 2.45) is 11.0 Å². The van der Waals surface area contributed by atoms with E-state index in [1.54, 1.807) is 23.0 Å². The van der Waals surface area contributed by atoms with E-state index >= 15 is 0 Å². The van der Waals surface area contributed by atoms with E-state index in [0.717, 1.165) is 0 Å². The molecule has 0 aliphatic heterocycles. The first-order valence-electron chi connectivity index (χ1n) is 5.04. The fraction of sp³-hybridized carbons (Fsp3) is 0.250. The third-order valence-electron chi connectivity index (χ3n) is 2.20. The number of hydrogen-bond donors (Lipinski definition) is 4. The number of nitrogens with one attached hydrogen (secondary N) is 2. The minimum atomic E-state index is -3.51. The Hall–Kier alpha value is -1.91. The van der Waals surface area contributed by atoms with Crippen molar-refractivity contribution < 1.29 is 8.42 Å². The van der Waals surface area contributed by atoms with E-state index in [2.05, 4.69) is 20.7 Å². The van der Waals surface area contributed by atoms with Gasteiger partial charge in [-0.2, -0.15) is 0 Å². The zero-order valence-corrected chi connectivity index (χ0v) is 10.2. The Morgan fingerprint density at radius 1 is 1.44 bits per heavy atom. The van der Waals surface area contributed by atoms with Gasteiger partial charge in [0.25, 0.3) is 0 Å². The number of nitrogen functional groups attached to an aromatic ring is 1. The van der Waals surface area contributed by atoms with Crippen LogP contribution in [0.25, 0.3) is 5.65 Å². The van der Waals surface area contributed by atoms with Gasteiger partial charge in [-0.25, -0.2) is 29.4 Å². The number of anilines is 2. The maximum atomic E-state index is 10.8. The van der Waals surface area contributed by atoms with E-state index < -0.39 is 10.0 Å². The largest absolute Gasteiger partial charge is 0.366 e. The summed E-state index contributed by atoms with van der Waals surface area (Å²) in [5.74, 6) is 5.95. The van der Waals surface area contributed by atoms with Crippen LogP contribution in [0, 0.1) is 0 Å². The minimum absolute atomic E-state index is 0.141. The Bertz CT molecular complexity index is 651. The summed E-state index contributed by atoms with van der Waals surface area (Å²) >= 11 is 0. The van der Waals surface area contributed by atoms with Crippen LogP contribution in [0.5, 0.6) is 0 Å². The second-order valence-corrected chi connectivity index (χ2v) is 5.30. The summed E-state index contributed by atoms with van der Waals surface area (Å²) in [6.45, 7) is 0.141. The molecule has 0 spiro atoms. The molecule has 0 saturated heterocycles. The predicted molar refractivity (Wildman–Crippen MR) is 67.3 cm³/mol. The molecule has 0 bridgehead atoms. The normalized spacial score (nSPS) is 11.7. The molecular formula is C8H13N7O2S. The van der Waals surface area contributed by atoms with Crippen LogP contribution in [-0.2, 0) is 10.0 Å². The van der Waals surface area contributed by atoms with Crippen LogP contribution in [0.1, 0.15) is 0 Å². The second kappa shape index (κ2) is 4.76. The third-order valence-corrected chi connectivity index (χ3v) is 2.97. The van der Waals surface area contributed by atoms with Crippen LogP contribution in [0.15, 0.2) is 18.6 Å². The molecule has 6 N–H and O–H groups in total.